The zero-order chi connectivity index (χ0) is 15.6. The fourth-order valence-corrected chi connectivity index (χ4v) is 6.03. The van der Waals surface area contributed by atoms with Gasteiger partial charge in [-0.05, 0) is 34.8 Å². The van der Waals surface area contributed by atoms with Crippen LogP contribution in [0.5, 0.6) is 0 Å². The lowest BCUT2D eigenvalue weighted by atomic mass is 9.93. The van der Waals surface area contributed by atoms with E-state index in [0.29, 0.717) is 16.6 Å². The van der Waals surface area contributed by atoms with Crippen LogP contribution in [0.25, 0.3) is 0 Å². The predicted molar refractivity (Wildman–Crippen MR) is 81.9 cm³/mol. The SMILES string of the molecule is COC(=O)c1cc(S(=O)(=O)NC2CCCCC2O)c(Br)s1. The highest BCUT2D eigenvalue weighted by Gasteiger charge is 2.30. The Labute approximate surface area is 135 Å². The molecule has 6 nitrogen and oxygen atoms in total. The summed E-state index contributed by atoms with van der Waals surface area (Å²) in [7, 11) is -2.56. The van der Waals surface area contributed by atoms with Crippen LogP contribution in [0, 0.1) is 0 Å². The lowest BCUT2D eigenvalue weighted by molar-refractivity contribution is 0.0606. The van der Waals surface area contributed by atoms with Gasteiger partial charge in [-0.2, -0.15) is 0 Å². The number of halogens is 1. The third kappa shape index (κ3) is 3.84. The van der Waals surface area contributed by atoms with Gasteiger partial charge in [-0.25, -0.2) is 17.9 Å². The second-order valence-electron chi connectivity index (χ2n) is 4.82. The number of carbonyl (C=O) groups excluding carboxylic acids is 1. The van der Waals surface area contributed by atoms with Crippen LogP contribution in [0.15, 0.2) is 14.7 Å². The van der Waals surface area contributed by atoms with Crippen molar-refractivity contribution in [1.29, 1.82) is 0 Å². The summed E-state index contributed by atoms with van der Waals surface area (Å²) in [5, 5.41) is 9.87. The first-order valence-electron chi connectivity index (χ1n) is 6.43. The van der Waals surface area contributed by atoms with E-state index in [-0.39, 0.29) is 9.77 Å². The number of hydrogen-bond acceptors (Lipinski definition) is 6. The topological polar surface area (TPSA) is 92.7 Å². The molecule has 1 saturated carbocycles. The summed E-state index contributed by atoms with van der Waals surface area (Å²) in [5.41, 5.74) is 0. The monoisotopic (exact) mass is 397 g/mol. The van der Waals surface area contributed by atoms with Gasteiger partial charge >= 0.3 is 5.97 Å². The molecular formula is C12H16BrNO5S2. The third-order valence-electron chi connectivity index (χ3n) is 3.37. The van der Waals surface area contributed by atoms with Crippen molar-refractivity contribution in [3.8, 4) is 0 Å². The molecule has 118 valence electrons. The molecule has 2 atom stereocenters. The fourth-order valence-electron chi connectivity index (χ4n) is 2.25. The van der Waals surface area contributed by atoms with Gasteiger partial charge in [0, 0.05) is 6.04 Å². The number of aliphatic hydroxyl groups is 1. The molecule has 0 saturated heterocycles. The summed E-state index contributed by atoms with van der Waals surface area (Å²) in [6.45, 7) is 0. The Hall–Kier alpha value is -0.480. The van der Waals surface area contributed by atoms with Crippen molar-refractivity contribution in [3.63, 3.8) is 0 Å². The largest absolute Gasteiger partial charge is 0.465 e. The van der Waals surface area contributed by atoms with Gasteiger partial charge in [0.25, 0.3) is 0 Å². The maximum absolute atomic E-state index is 12.4. The van der Waals surface area contributed by atoms with Crippen LogP contribution in [0.1, 0.15) is 35.4 Å². The predicted octanol–water partition coefficient (Wildman–Crippen LogP) is 1.88. The lowest BCUT2D eigenvalue weighted by Crippen LogP contribution is -2.44. The molecule has 1 aromatic heterocycles. The molecule has 0 amide bonds. The van der Waals surface area contributed by atoms with Crippen molar-refractivity contribution in [2.24, 2.45) is 0 Å². The first kappa shape index (κ1) is 16.9. The van der Waals surface area contributed by atoms with Crippen molar-refractivity contribution in [2.45, 2.75) is 42.7 Å². The molecule has 0 radical (unpaired) electrons. The van der Waals surface area contributed by atoms with E-state index in [1.807, 2.05) is 0 Å². The van der Waals surface area contributed by atoms with Crippen molar-refractivity contribution in [2.75, 3.05) is 7.11 Å². The first-order valence-corrected chi connectivity index (χ1v) is 9.52. The molecule has 1 aliphatic carbocycles. The molecule has 1 heterocycles. The summed E-state index contributed by atoms with van der Waals surface area (Å²) in [6, 6.07) is 0.787. The number of nitrogens with one attached hydrogen (secondary N) is 1. The number of carbonyl (C=O) groups is 1. The number of thiophene rings is 1. The number of sulfonamides is 1. The van der Waals surface area contributed by atoms with Crippen molar-refractivity contribution in [3.05, 3.63) is 14.7 Å². The van der Waals surface area contributed by atoms with Crippen LogP contribution < -0.4 is 4.72 Å². The zero-order valence-corrected chi connectivity index (χ0v) is 14.6. The smallest absolute Gasteiger partial charge is 0.348 e. The highest BCUT2D eigenvalue weighted by molar-refractivity contribution is 9.11. The standard InChI is InChI=1S/C12H16BrNO5S2/c1-19-12(16)9-6-10(11(13)20-9)21(17,18)14-7-4-2-3-5-8(7)15/h6-8,14-15H,2-5H2,1H3. The van der Waals surface area contributed by atoms with Crippen LogP contribution in [0.2, 0.25) is 0 Å². The van der Waals surface area contributed by atoms with Gasteiger partial charge in [-0.1, -0.05) is 12.8 Å². The Balaban J connectivity index is 2.23. The number of ether oxygens (including phenoxy) is 1. The second-order valence-corrected chi connectivity index (χ2v) is 8.87. The first-order chi connectivity index (χ1) is 9.85. The van der Waals surface area contributed by atoms with E-state index in [2.05, 4.69) is 25.4 Å². The van der Waals surface area contributed by atoms with E-state index in [1.165, 1.54) is 13.2 Å². The highest BCUT2D eigenvalue weighted by atomic mass is 79.9. The maximum atomic E-state index is 12.4. The maximum Gasteiger partial charge on any atom is 0.348 e. The average Bonchev–Trinajstić information content (AvgIpc) is 2.83. The van der Waals surface area contributed by atoms with Gasteiger partial charge in [0.1, 0.15) is 9.77 Å². The quantitative estimate of drug-likeness (QED) is 0.756. The molecule has 1 aromatic rings. The molecule has 21 heavy (non-hydrogen) atoms. The van der Waals surface area contributed by atoms with E-state index in [4.69, 9.17) is 0 Å². The second kappa shape index (κ2) is 6.74. The minimum Gasteiger partial charge on any atom is -0.465 e. The van der Waals surface area contributed by atoms with Crippen LogP contribution in [-0.2, 0) is 14.8 Å². The van der Waals surface area contributed by atoms with Gasteiger partial charge in [0.2, 0.25) is 10.0 Å². The molecule has 0 aromatic carbocycles. The normalized spacial score (nSPS) is 23.0. The van der Waals surface area contributed by atoms with E-state index in [0.717, 1.165) is 24.2 Å². The minimum absolute atomic E-state index is 0.00864. The van der Waals surface area contributed by atoms with Gasteiger partial charge in [0.05, 0.1) is 17.0 Å². The fraction of sp³-hybridized carbons (Fsp3) is 0.583. The third-order valence-corrected chi connectivity index (χ3v) is 7.09. The average molecular weight is 398 g/mol. The van der Waals surface area contributed by atoms with E-state index in [1.54, 1.807) is 0 Å². The van der Waals surface area contributed by atoms with Crippen LogP contribution in [0.3, 0.4) is 0 Å². The van der Waals surface area contributed by atoms with E-state index < -0.39 is 28.1 Å². The molecule has 0 spiro atoms. The Kier molecular flexibility index (Phi) is 5.42. The summed E-state index contributed by atoms with van der Waals surface area (Å²) >= 11 is 4.16. The molecule has 0 aliphatic heterocycles. The molecule has 9 heteroatoms. The summed E-state index contributed by atoms with van der Waals surface area (Å²) in [4.78, 5) is 11.7. The van der Waals surface area contributed by atoms with Crippen LogP contribution in [-0.4, -0.2) is 38.7 Å². The number of esters is 1. The molecule has 0 bridgehead atoms. The Morgan fingerprint density at radius 1 is 1.48 bits per heavy atom. The van der Waals surface area contributed by atoms with E-state index in [9.17, 15) is 18.3 Å². The minimum atomic E-state index is -3.80. The lowest BCUT2D eigenvalue weighted by Gasteiger charge is -2.27. The molecule has 1 fully saturated rings. The number of aliphatic hydroxyl groups excluding tert-OH is 1. The van der Waals surface area contributed by atoms with Crippen molar-refractivity contribution in [1.82, 2.24) is 4.72 Å². The van der Waals surface area contributed by atoms with Gasteiger partial charge < -0.3 is 9.84 Å². The number of methoxy groups -OCH3 is 1. The van der Waals surface area contributed by atoms with Crippen LogP contribution >= 0.6 is 27.3 Å². The van der Waals surface area contributed by atoms with Crippen LogP contribution in [0.4, 0.5) is 0 Å². The summed E-state index contributed by atoms with van der Waals surface area (Å²) in [6.07, 6.45) is 2.29. The Morgan fingerprint density at radius 3 is 2.76 bits per heavy atom. The van der Waals surface area contributed by atoms with Gasteiger partial charge in [0.15, 0.2) is 0 Å². The molecule has 2 unspecified atom stereocenters. The number of hydrogen-bond donors (Lipinski definition) is 2. The Morgan fingerprint density at radius 2 is 2.14 bits per heavy atom. The zero-order valence-electron chi connectivity index (χ0n) is 11.3. The van der Waals surface area contributed by atoms with E-state index >= 15 is 0 Å². The van der Waals surface area contributed by atoms with Crippen molar-refractivity contribution < 1.29 is 23.1 Å². The van der Waals surface area contributed by atoms with Crippen molar-refractivity contribution >= 4 is 43.3 Å². The van der Waals surface area contributed by atoms with Gasteiger partial charge in [-0.3, -0.25) is 0 Å². The molecule has 2 rings (SSSR count). The summed E-state index contributed by atoms with van der Waals surface area (Å²) in [5.74, 6) is -0.583. The Bertz CT molecular complexity index is 628. The molecule has 1 aliphatic rings. The molecular weight excluding hydrogens is 382 g/mol. The number of rotatable bonds is 4. The highest BCUT2D eigenvalue weighted by Crippen LogP contribution is 2.32. The van der Waals surface area contributed by atoms with Gasteiger partial charge in [-0.15, -0.1) is 11.3 Å². The molecule has 2 N–H and O–H groups in total. The summed E-state index contributed by atoms with van der Waals surface area (Å²) < 4.78 is 32.2.